The smallest absolute Gasteiger partial charge is 0.123 e. The van der Waals surface area contributed by atoms with Gasteiger partial charge >= 0.3 is 0 Å². The molecule has 1 aromatic carbocycles. The molecule has 2 unspecified atom stereocenters. The second-order valence-electron chi connectivity index (χ2n) is 5.26. The van der Waals surface area contributed by atoms with Crippen LogP contribution in [0.2, 0.25) is 0 Å². The van der Waals surface area contributed by atoms with Gasteiger partial charge in [0, 0.05) is 10.9 Å². The number of benzene rings is 1. The van der Waals surface area contributed by atoms with Crippen LogP contribution in [0.15, 0.2) is 18.2 Å². The van der Waals surface area contributed by atoms with Gasteiger partial charge in [0.05, 0.1) is 6.10 Å². The van der Waals surface area contributed by atoms with E-state index in [1.807, 2.05) is 0 Å². The number of rotatable bonds is 3. The zero-order valence-electron chi connectivity index (χ0n) is 10.7. The average molecular weight is 297 g/mol. The molecular weight excluding hydrogens is 276 g/mol. The van der Waals surface area contributed by atoms with Crippen LogP contribution >= 0.6 is 15.9 Å². The van der Waals surface area contributed by atoms with Crippen molar-refractivity contribution in [1.29, 1.82) is 0 Å². The van der Waals surface area contributed by atoms with E-state index in [1.165, 1.54) is 36.8 Å². The molecule has 0 heterocycles. The van der Waals surface area contributed by atoms with Crippen LogP contribution in [0.3, 0.4) is 0 Å². The predicted molar refractivity (Wildman–Crippen MR) is 75.9 cm³/mol. The molecule has 0 saturated heterocycles. The third kappa shape index (κ3) is 3.48. The lowest BCUT2D eigenvalue weighted by atomic mass is 9.88. The maximum Gasteiger partial charge on any atom is 0.123 e. The van der Waals surface area contributed by atoms with Crippen LogP contribution in [0.4, 0.5) is 0 Å². The molecule has 0 bridgehead atoms. The van der Waals surface area contributed by atoms with Gasteiger partial charge in [-0.25, -0.2) is 0 Å². The van der Waals surface area contributed by atoms with Crippen molar-refractivity contribution in [3.05, 3.63) is 29.3 Å². The van der Waals surface area contributed by atoms with Crippen molar-refractivity contribution in [2.75, 3.05) is 0 Å². The Bertz CT molecular complexity index is 375. The first-order chi connectivity index (χ1) is 8.19. The van der Waals surface area contributed by atoms with Crippen LogP contribution < -0.4 is 4.74 Å². The summed E-state index contributed by atoms with van der Waals surface area (Å²) < 4.78 is 6.17. The summed E-state index contributed by atoms with van der Waals surface area (Å²) in [5, 5.41) is 0.867. The summed E-state index contributed by atoms with van der Waals surface area (Å²) in [4.78, 5) is 0. The van der Waals surface area contributed by atoms with Crippen molar-refractivity contribution in [3.8, 4) is 5.75 Å². The third-order valence-electron chi connectivity index (χ3n) is 3.54. The Kier molecular flexibility index (Phi) is 4.49. The highest BCUT2D eigenvalue weighted by molar-refractivity contribution is 9.08. The quantitative estimate of drug-likeness (QED) is 0.725. The zero-order valence-corrected chi connectivity index (χ0v) is 12.3. The van der Waals surface area contributed by atoms with E-state index in [9.17, 15) is 0 Å². The Morgan fingerprint density at radius 2 is 2.18 bits per heavy atom. The van der Waals surface area contributed by atoms with Crippen molar-refractivity contribution in [1.82, 2.24) is 0 Å². The van der Waals surface area contributed by atoms with Crippen LogP contribution in [-0.2, 0) is 5.33 Å². The molecule has 1 nitrogen and oxygen atoms in total. The Hall–Kier alpha value is -0.500. The Morgan fingerprint density at radius 3 is 2.88 bits per heavy atom. The molecule has 2 rings (SSSR count). The molecule has 2 heteroatoms. The van der Waals surface area contributed by atoms with Crippen molar-refractivity contribution < 1.29 is 4.74 Å². The number of hydrogen-bond donors (Lipinski definition) is 0. The van der Waals surface area contributed by atoms with E-state index in [2.05, 4.69) is 48.0 Å². The SMILES string of the molecule is Cc1ccc(OC2CCCC(C)C2)c(CBr)c1. The molecular formula is C15H21BrO. The van der Waals surface area contributed by atoms with Gasteiger partial charge in [-0.05, 0) is 38.2 Å². The lowest BCUT2D eigenvalue weighted by Gasteiger charge is -2.28. The number of ether oxygens (including phenoxy) is 1. The van der Waals surface area contributed by atoms with Crippen molar-refractivity contribution in [3.63, 3.8) is 0 Å². The fraction of sp³-hybridized carbons (Fsp3) is 0.600. The highest BCUT2D eigenvalue weighted by Crippen LogP contribution is 2.30. The van der Waals surface area contributed by atoms with E-state index in [0.717, 1.165) is 17.0 Å². The van der Waals surface area contributed by atoms with E-state index in [1.54, 1.807) is 0 Å². The fourth-order valence-electron chi connectivity index (χ4n) is 2.59. The predicted octanol–water partition coefficient (Wildman–Crippen LogP) is 4.85. The van der Waals surface area contributed by atoms with Crippen LogP contribution in [0.5, 0.6) is 5.75 Å². The highest BCUT2D eigenvalue weighted by atomic mass is 79.9. The van der Waals surface area contributed by atoms with Crippen LogP contribution in [-0.4, -0.2) is 6.10 Å². The Morgan fingerprint density at radius 1 is 1.35 bits per heavy atom. The molecule has 17 heavy (non-hydrogen) atoms. The van der Waals surface area contributed by atoms with Gasteiger partial charge in [-0.15, -0.1) is 0 Å². The maximum atomic E-state index is 6.17. The molecule has 0 amide bonds. The molecule has 0 spiro atoms. The highest BCUT2D eigenvalue weighted by Gasteiger charge is 2.20. The third-order valence-corrected chi connectivity index (χ3v) is 4.15. The lowest BCUT2D eigenvalue weighted by molar-refractivity contribution is 0.128. The summed E-state index contributed by atoms with van der Waals surface area (Å²) in [6, 6.07) is 6.45. The first-order valence-corrected chi connectivity index (χ1v) is 7.63. The summed E-state index contributed by atoms with van der Waals surface area (Å²) in [5.41, 5.74) is 2.56. The summed E-state index contributed by atoms with van der Waals surface area (Å²) in [5.74, 6) is 1.87. The standard InChI is InChI=1S/C15H21BrO/c1-11-4-3-5-14(9-11)17-15-7-6-12(2)8-13(15)10-16/h6-8,11,14H,3-5,9-10H2,1-2H3. The van der Waals surface area contributed by atoms with E-state index < -0.39 is 0 Å². The number of alkyl halides is 1. The lowest BCUT2D eigenvalue weighted by Crippen LogP contribution is -2.24. The molecule has 1 aliphatic carbocycles. The van der Waals surface area contributed by atoms with Crippen LogP contribution in [0.1, 0.15) is 43.7 Å². The summed E-state index contributed by atoms with van der Waals surface area (Å²) in [6.07, 6.45) is 5.50. The number of hydrogen-bond acceptors (Lipinski definition) is 1. The molecule has 94 valence electrons. The minimum absolute atomic E-state index is 0.416. The second-order valence-corrected chi connectivity index (χ2v) is 5.82. The summed E-state index contributed by atoms with van der Waals surface area (Å²) in [7, 11) is 0. The van der Waals surface area contributed by atoms with Gasteiger partial charge in [-0.2, -0.15) is 0 Å². The van der Waals surface area contributed by atoms with Gasteiger partial charge in [0.2, 0.25) is 0 Å². The first kappa shape index (κ1) is 12.9. The van der Waals surface area contributed by atoms with E-state index in [0.29, 0.717) is 6.10 Å². The van der Waals surface area contributed by atoms with Gasteiger partial charge in [0.15, 0.2) is 0 Å². The normalized spacial score (nSPS) is 24.6. The molecule has 1 saturated carbocycles. The molecule has 0 N–H and O–H groups in total. The summed E-state index contributed by atoms with van der Waals surface area (Å²) >= 11 is 3.54. The first-order valence-electron chi connectivity index (χ1n) is 6.51. The van der Waals surface area contributed by atoms with E-state index in [-0.39, 0.29) is 0 Å². The van der Waals surface area contributed by atoms with Crippen LogP contribution in [0, 0.1) is 12.8 Å². The number of aryl methyl sites for hydroxylation is 1. The summed E-state index contributed by atoms with van der Waals surface area (Å²) in [6.45, 7) is 4.45. The van der Waals surface area contributed by atoms with Crippen molar-refractivity contribution in [2.24, 2.45) is 5.92 Å². The minimum Gasteiger partial charge on any atom is -0.490 e. The van der Waals surface area contributed by atoms with Gasteiger partial charge < -0.3 is 4.74 Å². The Labute approximate surface area is 113 Å². The monoisotopic (exact) mass is 296 g/mol. The minimum atomic E-state index is 0.416. The van der Waals surface area contributed by atoms with E-state index in [4.69, 9.17) is 4.74 Å². The molecule has 0 radical (unpaired) electrons. The van der Waals surface area contributed by atoms with Gasteiger partial charge in [0.1, 0.15) is 5.75 Å². The van der Waals surface area contributed by atoms with E-state index >= 15 is 0 Å². The average Bonchev–Trinajstić information content (AvgIpc) is 2.31. The molecule has 0 aromatic heterocycles. The maximum absolute atomic E-state index is 6.17. The Balaban J connectivity index is 2.07. The molecule has 0 aliphatic heterocycles. The zero-order chi connectivity index (χ0) is 12.3. The fourth-order valence-corrected chi connectivity index (χ4v) is 3.03. The molecule has 1 fully saturated rings. The largest absolute Gasteiger partial charge is 0.490 e. The van der Waals surface area contributed by atoms with Crippen LogP contribution in [0.25, 0.3) is 0 Å². The topological polar surface area (TPSA) is 9.23 Å². The van der Waals surface area contributed by atoms with Crippen molar-refractivity contribution in [2.45, 2.75) is 51.0 Å². The van der Waals surface area contributed by atoms with Gasteiger partial charge in [-0.1, -0.05) is 47.0 Å². The molecule has 2 atom stereocenters. The van der Waals surface area contributed by atoms with Gasteiger partial charge in [0.25, 0.3) is 0 Å². The van der Waals surface area contributed by atoms with Gasteiger partial charge in [-0.3, -0.25) is 0 Å². The number of halogens is 1. The molecule has 1 aromatic rings. The second kappa shape index (κ2) is 5.90. The van der Waals surface area contributed by atoms with Crippen molar-refractivity contribution >= 4 is 15.9 Å². The molecule has 1 aliphatic rings.